The third kappa shape index (κ3) is 9.64. The molecule has 0 spiro atoms. The highest BCUT2D eigenvalue weighted by atomic mass is 32.2. The molecule has 0 bridgehead atoms. The predicted molar refractivity (Wildman–Crippen MR) is 79.2 cm³/mol. The maximum Gasteiger partial charge on any atom is 0.194 e. The van der Waals surface area contributed by atoms with Crippen molar-refractivity contribution in [2.45, 2.75) is 46.3 Å². The summed E-state index contributed by atoms with van der Waals surface area (Å²) >= 11 is 0.0621. The van der Waals surface area contributed by atoms with E-state index in [9.17, 15) is 0 Å². The lowest BCUT2D eigenvalue weighted by Gasteiger charge is -2.37. The average molecular weight is 328 g/mol. The van der Waals surface area contributed by atoms with E-state index >= 15 is 0 Å². The van der Waals surface area contributed by atoms with Crippen molar-refractivity contribution < 1.29 is 33.0 Å². The highest BCUT2D eigenvalue weighted by molar-refractivity contribution is 7.88. The highest BCUT2D eigenvalue weighted by Gasteiger charge is 2.36. The normalized spacial score (nSPS) is 14.6. The molecule has 0 aliphatic carbocycles. The molecule has 7 nitrogen and oxygen atoms in total. The molecule has 0 saturated carbocycles. The van der Waals surface area contributed by atoms with Gasteiger partial charge in [-0.1, -0.05) is 32.7 Å². The van der Waals surface area contributed by atoms with Crippen molar-refractivity contribution in [3.63, 3.8) is 0 Å². The van der Waals surface area contributed by atoms with Gasteiger partial charge >= 0.3 is 0 Å². The monoisotopic (exact) mass is 328 g/mol. The second kappa shape index (κ2) is 13.7. The van der Waals surface area contributed by atoms with Crippen LogP contribution in [0.2, 0.25) is 0 Å². The van der Waals surface area contributed by atoms with Crippen molar-refractivity contribution in [3.05, 3.63) is 0 Å². The lowest BCUT2D eigenvalue weighted by atomic mass is 10.0. The zero-order valence-corrected chi connectivity index (χ0v) is 14.1. The molecular weight excluding hydrogens is 300 g/mol. The fraction of sp³-hybridized carbons (Fsp3) is 1.00. The zero-order valence-electron chi connectivity index (χ0n) is 13.3. The molecule has 1 N–H and O–H groups in total. The largest absolute Gasteiger partial charge is 0.376 e. The van der Waals surface area contributed by atoms with E-state index in [-0.39, 0.29) is 31.5 Å². The maximum absolute atomic E-state index is 8.26. The Bertz CT molecular complexity index is 231. The van der Waals surface area contributed by atoms with Crippen LogP contribution in [-0.2, 0) is 28.5 Å². The van der Waals surface area contributed by atoms with E-state index in [2.05, 4.69) is 21.2 Å². The molecule has 0 heterocycles. The van der Waals surface area contributed by atoms with Crippen molar-refractivity contribution in [1.82, 2.24) is 0 Å². The van der Waals surface area contributed by atoms with Gasteiger partial charge in [0, 0.05) is 19.1 Å². The molecule has 0 aliphatic heterocycles. The molecule has 0 rings (SSSR count). The van der Waals surface area contributed by atoms with Crippen molar-refractivity contribution in [2.75, 3.05) is 33.0 Å². The Morgan fingerprint density at radius 3 is 2.24 bits per heavy atom. The summed E-state index contributed by atoms with van der Waals surface area (Å²) in [7, 11) is 0. The zero-order chi connectivity index (χ0) is 16.0. The first-order valence-electron chi connectivity index (χ1n) is 7.25. The number of hydrogen-bond donors (Lipinski definition) is 1. The second-order valence-corrected chi connectivity index (χ2v) is 5.03. The minimum atomic E-state index is -0.804. The van der Waals surface area contributed by atoms with Crippen LogP contribution in [0.5, 0.6) is 0 Å². The third-order valence-corrected chi connectivity index (χ3v) is 2.82. The summed E-state index contributed by atoms with van der Waals surface area (Å²) in [5, 5.41) is 4.20. The van der Waals surface area contributed by atoms with E-state index in [1.54, 1.807) is 0 Å². The fourth-order valence-corrected chi connectivity index (χ4v) is 1.64. The predicted octanol–water partition coefficient (Wildman–Crippen LogP) is 3.21. The Balaban J connectivity index is 4.31. The van der Waals surface area contributed by atoms with Gasteiger partial charge in [0.25, 0.3) is 0 Å². The molecule has 0 aliphatic rings. The van der Waals surface area contributed by atoms with E-state index in [1.165, 1.54) is 0 Å². The van der Waals surface area contributed by atoms with Gasteiger partial charge in [0.15, 0.2) is 18.1 Å². The van der Waals surface area contributed by atoms with Crippen LogP contribution in [0.25, 0.3) is 0 Å². The molecule has 0 amide bonds. The van der Waals surface area contributed by atoms with Crippen LogP contribution in [0.4, 0.5) is 0 Å². The van der Waals surface area contributed by atoms with Crippen molar-refractivity contribution >= 4 is 12.3 Å². The van der Waals surface area contributed by atoms with Crippen molar-refractivity contribution in [1.29, 1.82) is 0 Å². The van der Waals surface area contributed by atoms with Gasteiger partial charge in [-0.25, -0.2) is 4.89 Å². The van der Waals surface area contributed by atoms with E-state index < -0.39 is 5.79 Å². The molecule has 1 unspecified atom stereocenters. The van der Waals surface area contributed by atoms with Crippen molar-refractivity contribution in [2.24, 2.45) is 5.92 Å². The van der Waals surface area contributed by atoms with E-state index in [0.29, 0.717) is 19.8 Å². The Morgan fingerprint density at radius 2 is 1.67 bits per heavy atom. The summed E-state index contributed by atoms with van der Waals surface area (Å²) in [4.78, 5) is 4.65. The van der Waals surface area contributed by atoms with E-state index in [4.69, 9.17) is 18.8 Å². The summed E-state index contributed by atoms with van der Waals surface area (Å²) in [6.45, 7) is 10.1. The summed E-state index contributed by atoms with van der Waals surface area (Å²) in [5.41, 5.74) is 0. The van der Waals surface area contributed by atoms with Gasteiger partial charge < -0.3 is 18.8 Å². The first-order valence-corrected chi connectivity index (χ1v) is 7.94. The Kier molecular flexibility index (Phi) is 13.8. The van der Waals surface area contributed by atoms with Gasteiger partial charge in [-0.2, -0.15) is 0 Å². The molecule has 1 atom stereocenters. The van der Waals surface area contributed by atoms with E-state index in [1.807, 2.05) is 20.8 Å². The molecule has 0 radical (unpaired) electrons. The number of hydrogen-bond acceptors (Lipinski definition) is 8. The van der Waals surface area contributed by atoms with Gasteiger partial charge in [-0.3, -0.25) is 0 Å². The lowest BCUT2D eigenvalue weighted by Crippen LogP contribution is -2.47. The minimum absolute atomic E-state index is 0.0621. The Morgan fingerprint density at radius 1 is 1.00 bits per heavy atom. The fourth-order valence-electron chi connectivity index (χ4n) is 1.57. The maximum atomic E-state index is 8.26. The first-order chi connectivity index (χ1) is 10.1. The first kappa shape index (κ1) is 21.1. The quantitative estimate of drug-likeness (QED) is 0.161. The summed E-state index contributed by atoms with van der Waals surface area (Å²) < 4.78 is 29.7. The Labute approximate surface area is 131 Å². The topological polar surface area (TPSA) is 75.6 Å². The molecule has 8 heteroatoms. The lowest BCUT2D eigenvalue weighted by molar-refractivity contribution is -0.465. The van der Waals surface area contributed by atoms with Gasteiger partial charge in [0.05, 0.1) is 6.61 Å². The number of ether oxygens (including phenoxy) is 3. The standard InChI is InChI=1S/C13H28O7S/c1-5-7-15-11-13(12(3)4,16-8-6-2)17-9-10-18-19-20-21-14/h12,14H,5-11H2,1-4H3. The van der Waals surface area contributed by atoms with Gasteiger partial charge in [0.1, 0.15) is 13.2 Å². The van der Waals surface area contributed by atoms with Crippen LogP contribution in [0.1, 0.15) is 40.5 Å². The van der Waals surface area contributed by atoms with Gasteiger partial charge in [-0.05, 0) is 12.8 Å². The summed E-state index contributed by atoms with van der Waals surface area (Å²) in [5.74, 6) is -0.688. The SMILES string of the molecule is CCCOCC(OCCC)(OCCOOOSO)C(C)C. The van der Waals surface area contributed by atoms with E-state index in [0.717, 1.165) is 12.8 Å². The average Bonchev–Trinajstić information content (AvgIpc) is 2.47. The smallest absolute Gasteiger partial charge is 0.194 e. The highest BCUT2D eigenvalue weighted by Crippen LogP contribution is 2.25. The molecule has 0 saturated heterocycles. The van der Waals surface area contributed by atoms with Crippen LogP contribution in [0.15, 0.2) is 0 Å². The second-order valence-electron chi connectivity index (χ2n) is 4.75. The molecule has 0 aromatic heterocycles. The molecular formula is C13H28O7S. The summed E-state index contributed by atoms with van der Waals surface area (Å²) in [6, 6.07) is 0. The van der Waals surface area contributed by atoms with Gasteiger partial charge in [-0.15, -0.1) is 4.33 Å². The molecule has 0 fully saturated rings. The summed E-state index contributed by atoms with van der Waals surface area (Å²) in [6.07, 6.45) is 1.84. The molecule has 0 aromatic carbocycles. The Hall–Kier alpha value is 0.0700. The molecule has 128 valence electrons. The van der Waals surface area contributed by atoms with Crippen LogP contribution in [0.3, 0.4) is 0 Å². The van der Waals surface area contributed by atoms with Crippen LogP contribution < -0.4 is 0 Å². The third-order valence-electron chi connectivity index (χ3n) is 2.70. The van der Waals surface area contributed by atoms with Crippen molar-refractivity contribution in [3.8, 4) is 0 Å². The molecule has 0 aromatic rings. The number of rotatable bonds is 15. The van der Waals surface area contributed by atoms with Gasteiger partial charge in [0.2, 0.25) is 0 Å². The minimum Gasteiger partial charge on any atom is -0.376 e. The molecule has 21 heavy (non-hydrogen) atoms. The van der Waals surface area contributed by atoms with Crippen LogP contribution in [0, 0.1) is 5.92 Å². The van der Waals surface area contributed by atoms with Crippen LogP contribution >= 0.6 is 12.3 Å². The van der Waals surface area contributed by atoms with Crippen LogP contribution in [-0.4, -0.2) is 43.4 Å².